The van der Waals surface area contributed by atoms with Crippen LogP contribution >= 0.6 is 0 Å². The molecule has 1 aromatic carbocycles. The molecule has 0 unspecified atom stereocenters. The molecule has 0 bridgehead atoms. The quantitative estimate of drug-likeness (QED) is 0.230. The van der Waals surface area contributed by atoms with E-state index in [1.54, 1.807) is 11.9 Å². The molecule has 23 heavy (non-hydrogen) atoms. The largest absolute Gasteiger partial charge is 0.359 e. The summed E-state index contributed by atoms with van der Waals surface area (Å²) < 4.78 is 5.76. The smallest absolute Gasteiger partial charge is 0.222 e. The third-order valence-corrected chi connectivity index (χ3v) is 3.63. The molecule has 0 aliphatic rings. The van der Waals surface area contributed by atoms with Crippen LogP contribution in [0.25, 0.3) is 10.4 Å². The number of nitrogens with zero attached hydrogens (tertiary/aromatic N) is 4. The average molecular weight is 314 g/mol. The third-order valence-electron chi connectivity index (χ3n) is 3.63. The SMILES string of the molecule is C#CCO[C@H](c1ccccc1)[C@H](C)N(C)C(=O)CCCN=[N+]=[N-]. The summed E-state index contributed by atoms with van der Waals surface area (Å²) in [7, 11) is 1.75. The Labute approximate surface area is 137 Å². The molecule has 1 rings (SSSR count). The Morgan fingerprint density at radius 2 is 2.17 bits per heavy atom. The molecular weight excluding hydrogens is 292 g/mol. The zero-order valence-corrected chi connectivity index (χ0v) is 13.6. The Balaban J connectivity index is 2.75. The summed E-state index contributed by atoms with van der Waals surface area (Å²) in [6.45, 7) is 2.43. The minimum atomic E-state index is -0.293. The summed E-state index contributed by atoms with van der Waals surface area (Å²) in [6.07, 6.45) is 5.86. The van der Waals surface area contributed by atoms with Crippen molar-refractivity contribution in [2.75, 3.05) is 20.2 Å². The first-order chi connectivity index (χ1) is 11.1. The Morgan fingerprint density at radius 3 is 2.78 bits per heavy atom. The first-order valence-electron chi connectivity index (χ1n) is 7.48. The first kappa shape index (κ1) is 18.6. The Morgan fingerprint density at radius 1 is 1.48 bits per heavy atom. The maximum absolute atomic E-state index is 12.3. The Hall–Kier alpha value is -2.48. The van der Waals surface area contributed by atoms with Crippen LogP contribution in [0.15, 0.2) is 35.4 Å². The topological polar surface area (TPSA) is 78.3 Å². The van der Waals surface area contributed by atoms with Crippen LogP contribution in [0.1, 0.15) is 31.4 Å². The van der Waals surface area contributed by atoms with Gasteiger partial charge in [0.1, 0.15) is 12.7 Å². The highest BCUT2D eigenvalue weighted by Gasteiger charge is 2.26. The van der Waals surface area contributed by atoms with E-state index in [0.29, 0.717) is 19.4 Å². The monoisotopic (exact) mass is 314 g/mol. The number of terminal acetylenes is 1. The van der Waals surface area contributed by atoms with E-state index in [2.05, 4.69) is 15.9 Å². The predicted molar refractivity (Wildman–Crippen MR) is 89.4 cm³/mol. The van der Waals surface area contributed by atoms with Gasteiger partial charge in [-0.3, -0.25) is 4.79 Å². The number of likely N-dealkylation sites (N-methyl/N-ethyl adjacent to an activating group) is 1. The van der Waals surface area contributed by atoms with Gasteiger partial charge < -0.3 is 9.64 Å². The molecule has 0 spiro atoms. The standard InChI is InChI=1S/C17H22N4O2/c1-4-13-23-17(15-9-6-5-7-10-15)14(2)21(3)16(22)11-8-12-19-20-18/h1,5-7,9-10,14,17H,8,11-13H2,2-3H3/t14-,17-/m0/s1. The summed E-state index contributed by atoms with van der Waals surface area (Å²) >= 11 is 0. The number of ether oxygens (including phenoxy) is 1. The summed E-state index contributed by atoms with van der Waals surface area (Å²) in [5.41, 5.74) is 9.22. The number of benzene rings is 1. The number of hydrogen-bond acceptors (Lipinski definition) is 3. The number of azide groups is 1. The lowest BCUT2D eigenvalue weighted by Crippen LogP contribution is -2.40. The number of carbonyl (C=O) groups excluding carboxylic acids is 1. The van der Waals surface area contributed by atoms with E-state index in [1.807, 2.05) is 37.3 Å². The highest BCUT2D eigenvalue weighted by Crippen LogP contribution is 2.24. The van der Waals surface area contributed by atoms with Gasteiger partial charge in [0.25, 0.3) is 0 Å². The summed E-state index contributed by atoms with van der Waals surface area (Å²) in [6, 6.07) is 9.52. The van der Waals surface area contributed by atoms with E-state index in [0.717, 1.165) is 5.56 Å². The molecule has 1 aromatic rings. The molecule has 122 valence electrons. The van der Waals surface area contributed by atoms with Crippen LogP contribution in [0.4, 0.5) is 0 Å². The first-order valence-corrected chi connectivity index (χ1v) is 7.48. The summed E-state index contributed by atoms with van der Waals surface area (Å²) in [5.74, 6) is 2.45. The molecule has 0 fully saturated rings. The maximum atomic E-state index is 12.3. The molecule has 1 amide bonds. The molecule has 2 atom stereocenters. The van der Waals surface area contributed by atoms with E-state index < -0.39 is 0 Å². The molecule has 0 aromatic heterocycles. The van der Waals surface area contributed by atoms with Crippen molar-refractivity contribution in [3.63, 3.8) is 0 Å². The van der Waals surface area contributed by atoms with Crippen LogP contribution in [0, 0.1) is 12.3 Å². The van der Waals surface area contributed by atoms with Gasteiger partial charge in [0.15, 0.2) is 0 Å². The molecule has 6 nitrogen and oxygen atoms in total. The minimum Gasteiger partial charge on any atom is -0.359 e. The Bertz CT molecular complexity index is 576. The molecule has 0 radical (unpaired) electrons. The van der Waals surface area contributed by atoms with Crippen molar-refractivity contribution in [1.29, 1.82) is 0 Å². The molecular formula is C17H22N4O2. The van der Waals surface area contributed by atoms with Gasteiger partial charge in [-0.05, 0) is 24.4 Å². The van der Waals surface area contributed by atoms with E-state index >= 15 is 0 Å². The average Bonchev–Trinajstić information content (AvgIpc) is 2.59. The van der Waals surface area contributed by atoms with Crippen molar-refractivity contribution in [3.05, 3.63) is 46.3 Å². The molecule has 0 saturated carbocycles. The fourth-order valence-electron chi connectivity index (χ4n) is 2.25. The highest BCUT2D eigenvalue weighted by molar-refractivity contribution is 5.76. The second-order valence-corrected chi connectivity index (χ2v) is 5.15. The number of rotatable bonds is 9. The van der Waals surface area contributed by atoms with E-state index in [9.17, 15) is 4.79 Å². The van der Waals surface area contributed by atoms with Crippen LogP contribution in [0.3, 0.4) is 0 Å². The second-order valence-electron chi connectivity index (χ2n) is 5.15. The zero-order chi connectivity index (χ0) is 17.1. The predicted octanol–water partition coefficient (Wildman–Crippen LogP) is 3.31. The Kier molecular flexibility index (Phi) is 8.30. The van der Waals surface area contributed by atoms with Crippen molar-refractivity contribution in [1.82, 2.24) is 4.90 Å². The van der Waals surface area contributed by atoms with E-state index in [-0.39, 0.29) is 24.7 Å². The van der Waals surface area contributed by atoms with Crippen LogP contribution in [-0.2, 0) is 9.53 Å². The van der Waals surface area contributed by atoms with Crippen LogP contribution in [0.2, 0.25) is 0 Å². The van der Waals surface area contributed by atoms with Gasteiger partial charge in [-0.1, -0.05) is 41.4 Å². The number of amides is 1. The van der Waals surface area contributed by atoms with Gasteiger partial charge in [-0.15, -0.1) is 6.42 Å². The fraction of sp³-hybridized carbons (Fsp3) is 0.471. The van der Waals surface area contributed by atoms with Crippen molar-refractivity contribution < 1.29 is 9.53 Å². The molecule has 0 aliphatic heterocycles. The van der Waals surface area contributed by atoms with Crippen LogP contribution in [-0.4, -0.2) is 37.0 Å². The van der Waals surface area contributed by atoms with Gasteiger partial charge in [-0.25, -0.2) is 0 Å². The molecule has 0 aliphatic carbocycles. The van der Waals surface area contributed by atoms with Crippen molar-refractivity contribution in [2.24, 2.45) is 5.11 Å². The normalized spacial score (nSPS) is 12.6. The summed E-state index contributed by atoms with van der Waals surface area (Å²) in [4.78, 5) is 16.6. The third kappa shape index (κ3) is 6.03. The van der Waals surface area contributed by atoms with Gasteiger partial charge in [0.05, 0.1) is 6.04 Å². The zero-order valence-electron chi connectivity index (χ0n) is 13.6. The fourth-order valence-corrected chi connectivity index (χ4v) is 2.25. The van der Waals surface area contributed by atoms with Gasteiger partial charge in [-0.2, -0.15) is 0 Å². The molecule has 0 saturated heterocycles. The van der Waals surface area contributed by atoms with Crippen molar-refractivity contribution in [2.45, 2.75) is 31.9 Å². The van der Waals surface area contributed by atoms with Crippen LogP contribution < -0.4 is 0 Å². The lowest BCUT2D eigenvalue weighted by atomic mass is 10.0. The van der Waals surface area contributed by atoms with Gasteiger partial charge >= 0.3 is 0 Å². The van der Waals surface area contributed by atoms with Crippen molar-refractivity contribution in [3.8, 4) is 12.3 Å². The lowest BCUT2D eigenvalue weighted by Gasteiger charge is -2.32. The second kappa shape index (κ2) is 10.3. The lowest BCUT2D eigenvalue weighted by molar-refractivity contribution is -0.134. The molecule has 0 heterocycles. The van der Waals surface area contributed by atoms with E-state index in [1.165, 1.54) is 0 Å². The molecule has 6 heteroatoms. The number of carbonyl (C=O) groups is 1. The van der Waals surface area contributed by atoms with Gasteiger partial charge in [0, 0.05) is 24.9 Å². The van der Waals surface area contributed by atoms with E-state index in [4.69, 9.17) is 16.7 Å². The summed E-state index contributed by atoms with van der Waals surface area (Å²) in [5, 5.41) is 3.43. The maximum Gasteiger partial charge on any atom is 0.222 e. The molecule has 0 N–H and O–H groups in total. The van der Waals surface area contributed by atoms with Gasteiger partial charge in [0.2, 0.25) is 5.91 Å². The number of hydrogen-bond donors (Lipinski definition) is 0. The van der Waals surface area contributed by atoms with Crippen LogP contribution in [0.5, 0.6) is 0 Å². The highest BCUT2D eigenvalue weighted by atomic mass is 16.5. The minimum absolute atomic E-state index is 0.0177. The van der Waals surface area contributed by atoms with Crippen molar-refractivity contribution >= 4 is 5.91 Å².